The molecule has 1 aromatic carbocycles. The molecule has 0 fully saturated rings. The number of aromatic nitrogens is 4. The van der Waals surface area contributed by atoms with Crippen molar-refractivity contribution in [2.45, 2.75) is 26.2 Å². The minimum Gasteiger partial charge on any atom is -0.490 e. The molecule has 1 N–H and O–H groups in total. The standard InChI is InChI=1S/C22H21N5O3/c1-3-4-7-16(23-2)14-9-10-17-15(12-14)22(28)25-19(24-17)13-20-26-21(27-30-20)18-8-5-6-11-29-18/h3-4,7-10,12H,2,5-6,11,13H2,1H3,(H,24,25,28)/b4-3-,16-7-. The minimum absolute atomic E-state index is 0.216. The van der Waals surface area contributed by atoms with Crippen LogP contribution in [0.3, 0.4) is 0 Å². The van der Waals surface area contributed by atoms with Crippen molar-refractivity contribution in [3.05, 3.63) is 76.0 Å². The number of allylic oxidation sites excluding steroid dienone is 4. The molecule has 1 aliphatic heterocycles. The van der Waals surface area contributed by atoms with Gasteiger partial charge in [-0.3, -0.25) is 9.79 Å². The second-order valence-electron chi connectivity index (χ2n) is 6.73. The minimum atomic E-state index is -0.246. The Bertz CT molecular complexity index is 1230. The van der Waals surface area contributed by atoms with Crippen molar-refractivity contribution in [1.82, 2.24) is 20.1 Å². The van der Waals surface area contributed by atoms with Crippen LogP contribution in [0.25, 0.3) is 22.4 Å². The third kappa shape index (κ3) is 4.12. The van der Waals surface area contributed by atoms with E-state index < -0.39 is 0 Å². The lowest BCUT2D eigenvalue weighted by atomic mass is 10.1. The van der Waals surface area contributed by atoms with E-state index in [1.54, 1.807) is 12.1 Å². The lowest BCUT2D eigenvalue weighted by Crippen LogP contribution is -2.12. The summed E-state index contributed by atoms with van der Waals surface area (Å²) in [5.74, 6) is 1.84. The van der Waals surface area contributed by atoms with Crippen LogP contribution in [0.15, 0.2) is 56.8 Å². The zero-order valence-corrected chi connectivity index (χ0v) is 16.6. The first kappa shape index (κ1) is 19.5. The molecule has 0 saturated heterocycles. The van der Waals surface area contributed by atoms with Gasteiger partial charge in [0.2, 0.25) is 11.7 Å². The van der Waals surface area contributed by atoms with E-state index in [2.05, 4.69) is 31.8 Å². The molecule has 0 spiro atoms. The van der Waals surface area contributed by atoms with Gasteiger partial charge in [0.15, 0.2) is 5.76 Å². The molecule has 2 aromatic heterocycles. The van der Waals surface area contributed by atoms with Gasteiger partial charge in [0.1, 0.15) is 5.82 Å². The van der Waals surface area contributed by atoms with Crippen molar-refractivity contribution < 1.29 is 9.26 Å². The summed E-state index contributed by atoms with van der Waals surface area (Å²) in [6.45, 7) is 6.16. The van der Waals surface area contributed by atoms with Gasteiger partial charge in [0.05, 0.1) is 29.6 Å². The third-order valence-electron chi connectivity index (χ3n) is 4.61. The van der Waals surface area contributed by atoms with Crippen LogP contribution in [0, 0.1) is 0 Å². The van der Waals surface area contributed by atoms with Crippen LogP contribution in [0.1, 0.15) is 42.9 Å². The van der Waals surface area contributed by atoms with E-state index in [4.69, 9.17) is 9.26 Å². The molecule has 0 saturated carbocycles. The van der Waals surface area contributed by atoms with Gasteiger partial charge in [-0.1, -0.05) is 23.4 Å². The van der Waals surface area contributed by atoms with Crippen LogP contribution >= 0.6 is 0 Å². The summed E-state index contributed by atoms with van der Waals surface area (Å²) in [6, 6.07) is 5.41. The number of aliphatic imine (C=N–C) groups is 1. The second kappa shape index (κ2) is 8.69. The van der Waals surface area contributed by atoms with E-state index in [-0.39, 0.29) is 12.0 Å². The summed E-state index contributed by atoms with van der Waals surface area (Å²) in [7, 11) is 0. The van der Waals surface area contributed by atoms with E-state index >= 15 is 0 Å². The SMILES string of the molecule is C=N/C(=C\C=C/C)c1ccc2nc(Cc3nc(C4=CCCCO4)no3)[nH]c(=O)c2c1. The molecule has 0 atom stereocenters. The van der Waals surface area contributed by atoms with E-state index in [0.717, 1.165) is 18.4 Å². The average molecular weight is 403 g/mol. The first-order valence-electron chi connectivity index (χ1n) is 9.67. The van der Waals surface area contributed by atoms with Crippen molar-refractivity contribution in [3.63, 3.8) is 0 Å². The number of hydrogen-bond donors (Lipinski definition) is 1. The topological polar surface area (TPSA) is 106 Å². The molecule has 0 radical (unpaired) electrons. The van der Waals surface area contributed by atoms with E-state index in [0.29, 0.717) is 46.5 Å². The van der Waals surface area contributed by atoms with Crippen LogP contribution in [0.5, 0.6) is 0 Å². The molecule has 8 nitrogen and oxygen atoms in total. The fourth-order valence-electron chi connectivity index (χ4n) is 3.14. The predicted molar refractivity (Wildman–Crippen MR) is 115 cm³/mol. The molecule has 8 heteroatoms. The molecule has 0 amide bonds. The molecule has 0 unspecified atom stereocenters. The Kier molecular flexibility index (Phi) is 5.65. The number of nitrogens with one attached hydrogen (secondary N) is 1. The highest BCUT2D eigenvalue weighted by Crippen LogP contribution is 2.21. The Morgan fingerprint density at radius 3 is 3.03 bits per heavy atom. The fraction of sp³-hybridized carbons (Fsp3) is 0.227. The maximum absolute atomic E-state index is 12.6. The van der Waals surface area contributed by atoms with Crippen LogP contribution in [0.2, 0.25) is 0 Å². The lowest BCUT2D eigenvalue weighted by molar-refractivity contribution is 0.254. The van der Waals surface area contributed by atoms with Crippen LogP contribution < -0.4 is 5.56 Å². The van der Waals surface area contributed by atoms with Crippen LogP contribution in [-0.2, 0) is 11.2 Å². The molecule has 0 aliphatic carbocycles. The maximum atomic E-state index is 12.6. The summed E-state index contributed by atoms with van der Waals surface area (Å²) in [4.78, 5) is 28.4. The summed E-state index contributed by atoms with van der Waals surface area (Å²) in [6.07, 6.45) is 9.67. The third-order valence-corrected chi connectivity index (χ3v) is 4.61. The Labute approximate surface area is 172 Å². The number of H-pyrrole nitrogens is 1. The highest BCUT2D eigenvalue weighted by Gasteiger charge is 2.16. The van der Waals surface area contributed by atoms with Gasteiger partial charge in [-0.05, 0) is 50.8 Å². The number of rotatable bonds is 6. The Hall–Kier alpha value is -3.81. The average Bonchev–Trinajstić information content (AvgIpc) is 3.23. The van der Waals surface area contributed by atoms with Crippen LogP contribution in [-0.4, -0.2) is 33.4 Å². The number of benzene rings is 1. The van der Waals surface area contributed by atoms with Gasteiger partial charge in [-0.15, -0.1) is 0 Å². The second-order valence-corrected chi connectivity index (χ2v) is 6.73. The summed E-state index contributed by atoms with van der Waals surface area (Å²) in [5, 5.41) is 4.43. The van der Waals surface area contributed by atoms with Gasteiger partial charge >= 0.3 is 0 Å². The largest absolute Gasteiger partial charge is 0.490 e. The highest BCUT2D eigenvalue weighted by molar-refractivity contribution is 5.83. The van der Waals surface area contributed by atoms with Gasteiger partial charge in [-0.2, -0.15) is 4.98 Å². The number of nitrogens with zero attached hydrogens (tertiary/aromatic N) is 4. The summed E-state index contributed by atoms with van der Waals surface area (Å²) < 4.78 is 10.8. The Balaban J connectivity index is 1.61. The molecular formula is C22H21N5O3. The fourth-order valence-corrected chi connectivity index (χ4v) is 3.14. The molecule has 1 aliphatic rings. The van der Waals surface area contributed by atoms with E-state index in [9.17, 15) is 4.79 Å². The summed E-state index contributed by atoms with van der Waals surface area (Å²) >= 11 is 0. The normalized spacial score (nSPS) is 14.7. The molecule has 3 aromatic rings. The van der Waals surface area contributed by atoms with Gasteiger partial charge in [0.25, 0.3) is 5.56 Å². The van der Waals surface area contributed by atoms with Crippen molar-refractivity contribution in [2.24, 2.45) is 4.99 Å². The van der Waals surface area contributed by atoms with Crippen molar-refractivity contribution >= 4 is 29.1 Å². The first-order chi connectivity index (χ1) is 14.7. The first-order valence-corrected chi connectivity index (χ1v) is 9.67. The van der Waals surface area contributed by atoms with E-state index in [1.165, 1.54) is 0 Å². The monoisotopic (exact) mass is 403 g/mol. The Morgan fingerprint density at radius 2 is 2.27 bits per heavy atom. The van der Waals surface area contributed by atoms with Gasteiger partial charge in [-0.25, -0.2) is 4.98 Å². The van der Waals surface area contributed by atoms with Crippen molar-refractivity contribution in [3.8, 4) is 0 Å². The highest BCUT2D eigenvalue weighted by atomic mass is 16.5. The molecule has 4 rings (SSSR count). The Morgan fingerprint density at radius 1 is 1.37 bits per heavy atom. The van der Waals surface area contributed by atoms with Crippen molar-refractivity contribution in [1.29, 1.82) is 0 Å². The molecule has 0 bridgehead atoms. The number of ether oxygens (including phenoxy) is 1. The smallest absolute Gasteiger partial charge is 0.258 e. The van der Waals surface area contributed by atoms with Gasteiger partial charge in [0, 0.05) is 5.56 Å². The van der Waals surface area contributed by atoms with E-state index in [1.807, 2.05) is 37.3 Å². The van der Waals surface area contributed by atoms with Crippen molar-refractivity contribution in [2.75, 3.05) is 6.61 Å². The zero-order valence-electron chi connectivity index (χ0n) is 16.6. The summed E-state index contributed by atoms with van der Waals surface area (Å²) in [5.41, 5.74) is 1.79. The maximum Gasteiger partial charge on any atom is 0.258 e. The molecule has 30 heavy (non-hydrogen) atoms. The molecular weight excluding hydrogens is 382 g/mol. The quantitative estimate of drug-likeness (QED) is 0.497. The molecule has 3 heterocycles. The predicted octanol–water partition coefficient (Wildman–Crippen LogP) is 3.67. The number of hydrogen-bond acceptors (Lipinski definition) is 7. The number of fused-ring (bicyclic) bond motifs is 1. The van der Waals surface area contributed by atoms with Crippen LogP contribution in [0.4, 0.5) is 0 Å². The lowest BCUT2D eigenvalue weighted by Gasteiger charge is -2.10. The number of aromatic amines is 1. The van der Waals surface area contributed by atoms with Gasteiger partial charge < -0.3 is 14.2 Å². The molecule has 152 valence electrons. The zero-order chi connectivity index (χ0) is 20.9.